The summed E-state index contributed by atoms with van der Waals surface area (Å²) in [5, 5.41) is 33.2. The van der Waals surface area contributed by atoms with Crippen LogP contribution in [0.25, 0.3) is 34.2 Å². The fourth-order valence-electron chi connectivity index (χ4n) is 5.26. The van der Waals surface area contributed by atoms with E-state index < -0.39 is 0 Å². The number of ether oxygens (including phenoxy) is 3. The molecule has 3 aromatic carbocycles. The van der Waals surface area contributed by atoms with E-state index in [4.69, 9.17) is 14.2 Å². The van der Waals surface area contributed by atoms with Crippen molar-refractivity contribution in [2.45, 2.75) is 97.8 Å². The number of hydrogen-bond acceptors (Lipinski definition) is 9. The van der Waals surface area contributed by atoms with Crippen molar-refractivity contribution in [2.24, 2.45) is 0 Å². The zero-order valence-corrected chi connectivity index (χ0v) is 28.7. The van der Waals surface area contributed by atoms with Crippen LogP contribution in [0.3, 0.4) is 0 Å². The number of aromatic nitrogens is 3. The molecular formula is C39H51N3O6. The van der Waals surface area contributed by atoms with Gasteiger partial charge in [-0.25, -0.2) is 15.0 Å². The van der Waals surface area contributed by atoms with Gasteiger partial charge in [0.2, 0.25) is 0 Å². The van der Waals surface area contributed by atoms with E-state index in [1.54, 1.807) is 54.6 Å². The molecule has 0 spiro atoms. The maximum Gasteiger partial charge on any atom is 0.167 e. The van der Waals surface area contributed by atoms with Crippen LogP contribution in [-0.2, 0) is 0 Å². The van der Waals surface area contributed by atoms with Gasteiger partial charge in [-0.15, -0.1) is 0 Å². The molecular weight excluding hydrogens is 606 g/mol. The number of phenols is 3. The van der Waals surface area contributed by atoms with Crippen molar-refractivity contribution in [3.63, 3.8) is 0 Å². The first-order valence-corrected chi connectivity index (χ1v) is 17.6. The van der Waals surface area contributed by atoms with Crippen molar-refractivity contribution in [3.8, 4) is 68.7 Å². The van der Waals surface area contributed by atoms with E-state index in [1.165, 1.54) is 0 Å². The molecule has 48 heavy (non-hydrogen) atoms. The number of unbranched alkanes of at least 4 members (excludes halogenated alkanes) is 9. The quantitative estimate of drug-likeness (QED) is 0.0750. The second-order valence-electron chi connectivity index (χ2n) is 12.1. The summed E-state index contributed by atoms with van der Waals surface area (Å²) < 4.78 is 17.6. The third-order valence-corrected chi connectivity index (χ3v) is 8.07. The Bertz CT molecular complexity index is 1380. The lowest BCUT2D eigenvalue weighted by Crippen LogP contribution is -2.02. The third kappa shape index (κ3) is 10.8. The minimum Gasteiger partial charge on any atom is -0.507 e. The third-order valence-electron chi connectivity index (χ3n) is 8.07. The average molecular weight is 658 g/mol. The van der Waals surface area contributed by atoms with E-state index in [-0.39, 0.29) is 34.7 Å². The predicted molar refractivity (Wildman–Crippen MR) is 190 cm³/mol. The molecule has 0 saturated carbocycles. The van der Waals surface area contributed by atoms with Gasteiger partial charge in [0.1, 0.15) is 34.5 Å². The van der Waals surface area contributed by atoms with Gasteiger partial charge in [0.05, 0.1) is 36.5 Å². The summed E-state index contributed by atoms with van der Waals surface area (Å²) in [5.74, 6) is 1.99. The van der Waals surface area contributed by atoms with Crippen molar-refractivity contribution in [1.29, 1.82) is 0 Å². The first kappa shape index (κ1) is 36.3. The zero-order valence-electron chi connectivity index (χ0n) is 28.7. The Morgan fingerprint density at radius 2 is 0.708 bits per heavy atom. The fraction of sp³-hybridized carbons (Fsp3) is 0.462. The smallest absolute Gasteiger partial charge is 0.167 e. The predicted octanol–water partition coefficient (Wildman–Crippen LogP) is 9.87. The molecule has 0 radical (unpaired) electrons. The van der Waals surface area contributed by atoms with Gasteiger partial charge in [0, 0.05) is 18.2 Å². The Hall–Kier alpha value is -4.53. The number of nitrogens with zero attached hydrogens (tertiary/aromatic N) is 3. The highest BCUT2D eigenvalue weighted by Crippen LogP contribution is 2.37. The van der Waals surface area contributed by atoms with E-state index in [2.05, 4.69) is 35.7 Å². The number of rotatable bonds is 21. The Balaban J connectivity index is 1.64. The standard InChI is InChI=1S/C39H51N3O6/c1-4-7-10-13-22-46-28-16-19-31(34(43)25-28)37-40-38(32-20-17-29(26-35(32)44)47-23-14-11-8-5-2)42-39(41-37)33-21-18-30(27-36(33)45)48-24-15-12-9-6-3/h16-21,25-27,43-45H,4-15,22-24H2,1-3H3. The summed E-state index contributed by atoms with van der Waals surface area (Å²) in [5.41, 5.74) is 1.07. The topological polar surface area (TPSA) is 127 Å². The van der Waals surface area contributed by atoms with E-state index in [9.17, 15) is 15.3 Å². The SMILES string of the molecule is CCCCCCOc1ccc(-c2nc(-c3ccc(OCCCCCC)cc3O)nc(-c3ccc(OCCCCCC)cc3O)n2)c(O)c1. The van der Waals surface area contributed by atoms with Crippen LogP contribution in [0.2, 0.25) is 0 Å². The molecule has 0 aliphatic heterocycles. The van der Waals surface area contributed by atoms with Crippen LogP contribution in [0, 0.1) is 0 Å². The molecule has 0 aliphatic carbocycles. The molecule has 9 nitrogen and oxygen atoms in total. The summed E-state index contributed by atoms with van der Waals surface area (Å²) in [6, 6.07) is 15.1. The van der Waals surface area contributed by atoms with E-state index >= 15 is 0 Å². The van der Waals surface area contributed by atoms with Gasteiger partial charge >= 0.3 is 0 Å². The number of phenolic OH excluding ortho intramolecular Hbond substituents is 3. The molecule has 0 atom stereocenters. The van der Waals surface area contributed by atoms with Crippen LogP contribution >= 0.6 is 0 Å². The second kappa shape index (κ2) is 19.3. The summed E-state index contributed by atoms with van der Waals surface area (Å²) in [6.07, 6.45) is 13.0. The summed E-state index contributed by atoms with van der Waals surface area (Å²) in [7, 11) is 0. The molecule has 0 amide bonds. The Morgan fingerprint density at radius 3 is 0.958 bits per heavy atom. The Labute approximate surface area is 285 Å². The molecule has 0 fully saturated rings. The maximum atomic E-state index is 11.1. The fourth-order valence-corrected chi connectivity index (χ4v) is 5.26. The Morgan fingerprint density at radius 1 is 0.417 bits per heavy atom. The number of aromatic hydroxyl groups is 3. The van der Waals surface area contributed by atoms with E-state index in [0.717, 1.165) is 77.0 Å². The van der Waals surface area contributed by atoms with Gasteiger partial charge in [-0.05, 0) is 55.7 Å². The van der Waals surface area contributed by atoms with Crippen LogP contribution in [-0.4, -0.2) is 50.1 Å². The first-order valence-electron chi connectivity index (χ1n) is 17.6. The molecule has 258 valence electrons. The highest BCUT2D eigenvalue weighted by molar-refractivity contribution is 5.74. The van der Waals surface area contributed by atoms with Crippen LogP contribution in [0.4, 0.5) is 0 Å². The highest BCUT2D eigenvalue weighted by atomic mass is 16.5. The normalized spacial score (nSPS) is 11.1. The highest BCUT2D eigenvalue weighted by Gasteiger charge is 2.19. The average Bonchev–Trinajstić information content (AvgIpc) is 3.08. The second-order valence-corrected chi connectivity index (χ2v) is 12.1. The number of benzene rings is 3. The minimum absolute atomic E-state index is 0.0590. The van der Waals surface area contributed by atoms with Crippen LogP contribution in [0.5, 0.6) is 34.5 Å². The monoisotopic (exact) mass is 657 g/mol. The summed E-state index contributed by atoms with van der Waals surface area (Å²) >= 11 is 0. The molecule has 3 N–H and O–H groups in total. The van der Waals surface area contributed by atoms with Gasteiger partial charge in [-0.3, -0.25) is 0 Å². The Kier molecular flexibility index (Phi) is 14.6. The lowest BCUT2D eigenvalue weighted by atomic mass is 10.1. The molecule has 0 aliphatic rings. The van der Waals surface area contributed by atoms with E-state index in [1.807, 2.05) is 0 Å². The number of hydrogen-bond donors (Lipinski definition) is 3. The molecule has 0 unspecified atom stereocenters. The minimum atomic E-state index is -0.0590. The van der Waals surface area contributed by atoms with Crippen molar-refractivity contribution < 1.29 is 29.5 Å². The summed E-state index contributed by atoms with van der Waals surface area (Å²) in [6.45, 7) is 8.19. The molecule has 4 rings (SSSR count). The lowest BCUT2D eigenvalue weighted by Gasteiger charge is -2.13. The lowest BCUT2D eigenvalue weighted by molar-refractivity contribution is 0.303. The van der Waals surface area contributed by atoms with Crippen LogP contribution in [0.1, 0.15) is 97.8 Å². The first-order chi connectivity index (χ1) is 23.4. The summed E-state index contributed by atoms with van der Waals surface area (Å²) in [4.78, 5) is 14.0. The maximum absolute atomic E-state index is 11.1. The van der Waals surface area contributed by atoms with Gasteiger partial charge in [0.25, 0.3) is 0 Å². The van der Waals surface area contributed by atoms with Gasteiger partial charge < -0.3 is 29.5 Å². The van der Waals surface area contributed by atoms with Crippen molar-refractivity contribution in [2.75, 3.05) is 19.8 Å². The molecule has 0 saturated heterocycles. The van der Waals surface area contributed by atoms with Crippen molar-refractivity contribution in [3.05, 3.63) is 54.6 Å². The van der Waals surface area contributed by atoms with Gasteiger partial charge in [0.15, 0.2) is 17.5 Å². The zero-order chi connectivity index (χ0) is 34.1. The molecule has 1 aromatic heterocycles. The molecule has 1 heterocycles. The molecule has 0 bridgehead atoms. The van der Waals surface area contributed by atoms with Crippen molar-refractivity contribution in [1.82, 2.24) is 15.0 Å². The largest absolute Gasteiger partial charge is 0.507 e. The van der Waals surface area contributed by atoms with Crippen molar-refractivity contribution >= 4 is 0 Å². The van der Waals surface area contributed by atoms with Crippen LogP contribution < -0.4 is 14.2 Å². The van der Waals surface area contributed by atoms with E-state index in [0.29, 0.717) is 53.8 Å². The van der Waals surface area contributed by atoms with Gasteiger partial charge in [-0.1, -0.05) is 78.6 Å². The van der Waals surface area contributed by atoms with Crippen LogP contribution in [0.15, 0.2) is 54.6 Å². The molecule has 4 aromatic rings. The van der Waals surface area contributed by atoms with Gasteiger partial charge in [-0.2, -0.15) is 0 Å². The molecule has 9 heteroatoms.